The Kier molecular flexibility index (Phi) is 5.11. The molecule has 6 heteroatoms. The molecule has 3 heterocycles. The highest BCUT2D eigenvalue weighted by atomic mass is 16.1. The third kappa shape index (κ3) is 3.71. The van der Waals surface area contributed by atoms with E-state index in [1.54, 1.807) is 12.4 Å². The lowest BCUT2D eigenvalue weighted by Crippen LogP contribution is -2.32. The molecule has 0 aliphatic rings. The Morgan fingerprint density at radius 2 is 1.72 bits per heavy atom. The number of aromatic nitrogens is 4. The van der Waals surface area contributed by atoms with Crippen molar-refractivity contribution < 1.29 is 4.79 Å². The van der Waals surface area contributed by atoms with Gasteiger partial charge in [0.05, 0.1) is 33.8 Å². The average Bonchev–Trinajstić information content (AvgIpc) is 3.26. The van der Waals surface area contributed by atoms with Gasteiger partial charge in [-0.25, -0.2) is 9.97 Å². The fraction of sp³-hybridized carbons (Fsp3) is 0.154. The van der Waals surface area contributed by atoms with Crippen LogP contribution >= 0.6 is 0 Å². The lowest BCUT2D eigenvalue weighted by molar-refractivity contribution is 0.0925. The van der Waals surface area contributed by atoms with Crippen molar-refractivity contribution in [3.63, 3.8) is 0 Å². The van der Waals surface area contributed by atoms with Gasteiger partial charge in [0.15, 0.2) is 0 Å². The van der Waals surface area contributed by atoms with Gasteiger partial charge in [0, 0.05) is 23.3 Å². The molecule has 1 amide bonds. The third-order valence-corrected chi connectivity index (χ3v) is 5.57. The van der Waals surface area contributed by atoms with Crippen LogP contribution in [0.2, 0.25) is 0 Å². The molecule has 5 rings (SSSR count). The maximum atomic E-state index is 13.5. The van der Waals surface area contributed by atoms with Crippen molar-refractivity contribution in [2.75, 3.05) is 0 Å². The van der Waals surface area contributed by atoms with Gasteiger partial charge in [0.1, 0.15) is 5.82 Å². The van der Waals surface area contributed by atoms with Crippen LogP contribution in [0.15, 0.2) is 79.1 Å². The largest absolute Gasteiger partial charge is 0.342 e. The Bertz CT molecular complexity index is 1370. The number of hydrogen-bond donors (Lipinski definition) is 2. The first-order valence-electron chi connectivity index (χ1n) is 10.7. The number of nitrogens with one attached hydrogen (secondary N) is 2. The summed E-state index contributed by atoms with van der Waals surface area (Å²) < 4.78 is 0. The first-order valence-corrected chi connectivity index (χ1v) is 10.7. The van der Waals surface area contributed by atoms with Crippen molar-refractivity contribution in [2.24, 2.45) is 5.92 Å². The number of nitrogens with zero attached hydrogens (tertiary/aromatic N) is 3. The summed E-state index contributed by atoms with van der Waals surface area (Å²) >= 11 is 0. The van der Waals surface area contributed by atoms with Crippen molar-refractivity contribution in [1.82, 2.24) is 25.3 Å². The number of para-hydroxylation sites is 3. The second kappa shape index (κ2) is 8.23. The van der Waals surface area contributed by atoms with Crippen LogP contribution in [0.3, 0.4) is 0 Å². The second-order valence-electron chi connectivity index (χ2n) is 8.15. The summed E-state index contributed by atoms with van der Waals surface area (Å²) in [4.78, 5) is 30.6. The number of amides is 1. The van der Waals surface area contributed by atoms with E-state index >= 15 is 0 Å². The number of carbonyl (C=O) groups excluding carboxylic acids is 1. The number of rotatable bonds is 5. The van der Waals surface area contributed by atoms with Gasteiger partial charge in [-0.1, -0.05) is 44.2 Å². The molecule has 0 spiro atoms. The van der Waals surface area contributed by atoms with Crippen molar-refractivity contribution in [1.29, 1.82) is 0 Å². The van der Waals surface area contributed by atoms with E-state index in [1.807, 2.05) is 66.7 Å². The Morgan fingerprint density at radius 3 is 2.47 bits per heavy atom. The lowest BCUT2D eigenvalue weighted by Gasteiger charge is -2.21. The summed E-state index contributed by atoms with van der Waals surface area (Å²) in [5, 5.41) is 4.01. The molecule has 158 valence electrons. The van der Waals surface area contributed by atoms with Crippen LogP contribution in [0.1, 0.15) is 36.1 Å². The van der Waals surface area contributed by atoms with E-state index in [0.717, 1.165) is 33.3 Å². The van der Waals surface area contributed by atoms with E-state index < -0.39 is 0 Å². The molecule has 0 aliphatic carbocycles. The maximum absolute atomic E-state index is 13.5. The highest BCUT2D eigenvalue weighted by Crippen LogP contribution is 2.27. The zero-order chi connectivity index (χ0) is 22.1. The summed E-state index contributed by atoms with van der Waals surface area (Å²) in [5.41, 5.74) is 4.77. The molecule has 2 aromatic carbocycles. The van der Waals surface area contributed by atoms with Gasteiger partial charge in [-0.15, -0.1) is 0 Å². The molecule has 6 nitrogen and oxygen atoms in total. The van der Waals surface area contributed by atoms with Crippen LogP contribution in [0, 0.1) is 5.92 Å². The number of carbonyl (C=O) groups is 1. The standard InChI is InChI=1S/C26H23N5O/c1-16(2)24(25-29-21-11-5-6-12-22(21)30-25)31-26(32)19-14-23(17-8-7-13-27-15-17)28-20-10-4-3-9-18(19)20/h3-16,24H,1-2H3,(H,29,30)(H,31,32)/t24-/m0/s1. The minimum absolute atomic E-state index is 0.144. The molecular weight excluding hydrogens is 398 g/mol. The molecule has 3 aromatic heterocycles. The van der Waals surface area contributed by atoms with Crippen LogP contribution in [-0.2, 0) is 0 Å². The van der Waals surface area contributed by atoms with Gasteiger partial charge in [-0.05, 0) is 42.3 Å². The number of imidazole rings is 1. The molecule has 0 aliphatic heterocycles. The number of hydrogen-bond acceptors (Lipinski definition) is 4. The summed E-state index contributed by atoms with van der Waals surface area (Å²) in [5.74, 6) is 0.735. The van der Waals surface area contributed by atoms with Gasteiger partial charge in [-0.2, -0.15) is 0 Å². The Balaban J connectivity index is 1.56. The molecule has 32 heavy (non-hydrogen) atoms. The predicted octanol–water partition coefficient (Wildman–Crippen LogP) is 5.30. The number of fused-ring (bicyclic) bond motifs is 2. The average molecular weight is 422 g/mol. The monoisotopic (exact) mass is 421 g/mol. The second-order valence-corrected chi connectivity index (χ2v) is 8.15. The minimum atomic E-state index is -0.260. The molecule has 0 saturated carbocycles. The summed E-state index contributed by atoms with van der Waals surface area (Å²) in [7, 11) is 0. The van der Waals surface area contributed by atoms with E-state index in [0.29, 0.717) is 11.3 Å². The van der Waals surface area contributed by atoms with E-state index in [4.69, 9.17) is 9.97 Å². The van der Waals surface area contributed by atoms with Crippen LogP contribution in [0.4, 0.5) is 0 Å². The summed E-state index contributed by atoms with van der Waals surface area (Å²) in [6, 6.07) is 21.0. The molecule has 2 N–H and O–H groups in total. The molecule has 5 aromatic rings. The molecule has 0 saturated heterocycles. The third-order valence-electron chi connectivity index (χ3n) is 5.57. The molecule has 0 bridgehead atoms. The van der Waals surface area contributed by atoms with E-state index in [2.05, 4.69) is 29.1 Å². The Hall–Kier alpha value is -4.06. The van der Waals surface area contributed by atoms with E-state index in [9.17, 15) is 4.79 Å². The van der Waals surface area contributed by atoms with E-state index in [-0.39, 0.29) is 17.9 Å². The van der Waals surface area contributed by atoms with Crippen molar-refractivity contribution in [2.45, 2.75) is 19.9 Å². The highest BCUT2D eigenvalue weighted by molar-refractivity contribution is 6.07. The maximum Gasteiger partial charge on any atom is 0.252 e. The van der Waals surface area contributed by atoms with Gasteiger partial charge >= 0.3 is 0 Å². The Morgan fingerprint density at radius 1 is 0.938 bits per heavy atom. The number of pyridine rings is 2. The van der Waals surface area contributed by atoms with Crippen LogP contribution < -0.4 is 5.32 Å². The highest BCUT2D eigenvalue weighted by Gasteiger charge is 2.24. The molecule has 1 atom stereocenters. The fourth-order valence-corrected chi connectivity index (χ4v) is 3.91. The van der Waals surface area contributed by atoms with Crippen LogP contribution in [0.25, 0.3) is 33.2 Å². The van der Waals surface area contributed by atoms with Crippen molar-refractivity contribution in [3.05, 3.63) is 90.5 Å². The smallest absolute Gasteiger partial charge is 0.252 e. The molecule has 0 unspecified atom stereocenters. The molecule has 0 fully saturated rings. The number of H-pyrrole nitrogens is 1. The SMILES string of the molecule is CC(C)[C@H](NC(=O)c1cc(-c2cccnc2)nc2ccccc12)c1nc2ccccc2[nH]1. The summed E-state index contributed by atoms with van der Waals surface area (Å²) in [6.45, 7) is 4.15. The first kappa shape index (κ1) is 19.9. The zero-order valence-corrected chi connectivity index (χ0v) is 17.9. The summed E-state index contributed by atoms with van der Waals surface area (Å²) in [6.07, 6.45) is 3.48. The van der Waals surface area contributed by atoms with Gasteiger partial charge in [0.2, 0.25) is 0 Å². The zero-order valence-electron chi connectivity index (χ0n) is 17.9. The predicted molar refractivity (Wildman–Crippen MR) is 126 cm³/mol. The van der Waals surface area contributed by atoms with Gasteiger partial charge < -0.3 is 10.3 Å². The van der Waals surface area contributed by atoms with Gasteiger partial charge in [0.25, 0.3) is 5.91 Å². The van der Waals surface area contributed by atoms with Crippen molar-refractivity contribution >= 4 is 27.8 Å². The van der Waals surface area contributed by atoms with Gasteiger partial charge in [-0.3, -0.25) is 9.78 Å². The van der Waals surface area contributed by atoms with E-state index in [1.165, 1.54) is 0 Å². The number of aromatic amines is 1. The number of benzene rings is 2. The van der Waals surface area contributed by atoms with Crippen LogP contribution in [-0.4, -0.2) is 25.8 Å². The van der Waals surface area contributed by atoms with Crippen LogP contribution in [0.5, 0.6) is 0 Å². The minimum Gasteiger partial charge on any atom is -0.342 e. The Labute approximate surface area is 185 Å². The molecule has 0 radical (unpaired) electrons. The topological polar surface area (TPSA) is 83.6 Å². The first-order chi connectivity index (χ1) is 15.6. The van der Waals surface area contributed by atoms with Crippen molar-refractivity contribution in [3.8, 4) is 11.3 Å². The molecular formula is C26H23N5O. The normalized spacial score (nSPS) is 12.3. The fourth-order valence-electron chi connectivity index (χ4n) is 3.91. The quantitative estimate of drug-likeness (QED) is 0.403. The lowest BCUT2D eigenvalue weighted by atomic mass is 10.0.